The number of piperidine rings is 1. The monoisotopic (exact) mass is 399 g/mol. The molecule has 0 spiro atoms. The summed E-state index contributed by atoms with van der Waals surface area (Å²) in [5.74, 6) is 0.780. The molecule has 156 valence electrons. The Hall–Kier alpha value is -2.31. The van der Waals surface area contributed by atoms with Crippen molar-refractivity contribution in [3.63, 3.8) is 0 Å². The van der Waals surface area contributed by atoms with E-state index in [-0.39, 0.29) is 18.2 Å². The number of ether oxygens (including phenoxy) is 3. The van der Waals surface area contributed by atoms with Gasteiger partial charge in [0.25, 0.3) is 0 Å². The van der Waals surface area contributed by atoms with Gasteiger partial charge in [-0.3, -0.25) is 4.90 Å². The highest BCUT2D eigenvalue weighted by Gasteiger charge is 2.50. The Morgan fingerprint density at radius 3 is 2.31 bits per heavy atom. The van der Waals surface area contributed by atoms with Gasteiger partial charge in [-0.25, -0.2) is 4.79 Å². The zero-order valence-electron chi connectivity index (χ0n) is 17.5. The first-order chi connectivity index (χ1) is 13.7. The molecule has 2 aliphatic rings. The van der Waals surface area contributed by atoms with Gasteiger partial charge in [-0.15, -0.1) is 0 Å². The number of aliphatic hydroxyl groups is 1. The van der Waals surface area contributed by atoms with Crippen LogP contribution in [0.3, 0.4) is 0 Å². The van der Waals surface area contributed by atoms with E-state index in [9.17, 15) is 9.90 Å². The lowest BCUT2D eigenvalue weighted by molar-refractivity contribution is -0.140. The molecule has 2 fully saturated rings. The summed E-state index contributed by atoms with van der Waals surface area (Å²) < 4.78 is 16.8. The first-order valence-electron chi connectivity index (χ1n) is 10.1. The van der Waals surface area contributed by atoms with E-state index in [1.807, 2.05) is 57.2 Å². The van der Waals surface area contributed by atoms with E-state index in [1.165, 1.54) is 0 Å². The van der Waals surface area contributed by atoms with Gasteiger partial charge < -0.3 is 19.3 Å². The number of hydrogen-bond donors (Lipinski definition) is 1. The lowest BCUT2D eigenvalue weighted by Crippen LogP contribution is -2.63. The molecule has 2 aromatic carbocycles. The summed E-state index contributed by atoms with van der Waals surface area (Å²) in [5, 5.41) is 13.7. The molecule has 29 heavy (non-hydrogen) atoms. The Morgan fingerprint density at radius 1 is 1.10 bits per heavy atom. The first kappa shape index (κ1) is 20.0. The van der Waals surface area contributed by atoms with Crippen molar-refractivity contribution in [3.05, 3.63) is 42.0 Å². The highest BCUT2D eigenvalue weighted by atomic mass is 16.6. The van der Waals surface area contributed by atoms with Crippen molar-refractivity contribution in [2.75, 3.05) is 20.3 Å². The zero-order valence-corrected chi connectivity index (χ0v) is 17.5. The maximum atomic E-state index is 12.8. The van der Waals surface area contributed by atoms with Crippen LogP contribution in [0.15, 0.2) is 36.4 Å². The maximum Gasteiger partial charge on any atom is 0.410 e. The molecule has 2 saturated heterocycles. The quantitative estimate of drug-likeness (QED) is 0.831. The van der Waals surface area contributed by atoms with E-state index in [0.29, 0.717) is 26.1 Å². The van der Waals surface area contributed by atoms with Crippen LogP contribution in [0, 0.1) is 0 Å². The number of methoxy groups -OCH3 is 1. The fraction of sp³-hybridized carbons (Fsp3) is 0.522. The van der Waals surface area contributed by atoms with E-state index >= 15 is 0 Å². The molecule has 2 bridgehead atoms. The van der Waals surface area contributed by atoms with Gasteiger partial charge in [-0.05, 0) is 37.8 Å². The van der Waals surface area contributed by atoms with Crippen molar-refractivity contribution >= 4 is 16.9 Å². The van der Waals surface area contributed by atoms with E-state index in [1.54, 1.807) is 12.0 Å². The summed E-state index contributed by atoms with van der Waals surface area (Å²) >= 11 is 0. The Balaban J connectivity index is 1.70. The smallest absolute Gasteiger partial charge is 0.410 e. The van der Waals surface area contributed by atoms with Crippen LogP contribution in [0.5, 0.6) is 5.75 Å². The molecule has 6 heteroatoms. The van der Waals surface area contributed by atoms with Gasteiger partial charge in [-0.2, -0.15) is 0 Å². The fourth-order valence-electron chi connectivity index (χ4n) is 4.66. The van der Waals surface area contributed by atoms with Crippen molar-refractivity contribution in [2.24, 2.45) is 0 Å². The second-order valence-electron chi connectivity index (χ2n) is 9.03. The molecular formula is C23H29NO5. The van der Waals surface area contributed by atoms with Gasteiger partial charge in [0, 0.05) is 18.2 Å². The van der Waals surface area contributed by atoms with Crippen LogP contribution in [0.2, 0.25) is 0 Å². The highest BCUT2D eigenvalue weighted by molar-refractivity contribution is 5.91. The lowest BCUT2D eigenvalue weighted by atomic mass is 9.75. The summed E-state index contributed by atoms with van der Waals surface area (Å²) in [5.41, 5.74) is -0.745. The minimum Gasteiger partial charge on any atom is -0.496 e. The number of rotatable bonds is 2. The molecule has 0 aliphatic carbocycles. The van der Waals surface area contributed by atoms with Crippen LogP contribution < -0.4 is 4.74 Å². The van der Waals surface area contributed by atoms with Crippen molar-refractivity contribution in [3.8, 4) is 5.75 Å². The molecule has 4 rings (SSSR count). The van der Waals surface area contributed by atoms with Crippen molar-refractivity contribution in [1.29, 1.82) is 0 Å². The fourth-order valence-corrected chi connectivity index (χ4v) is 4.66. The summed E-state index contributed by atoms with van der Waals surface area (Å²) in [4.78, 5) is 14.6. The Labute approximate surface area is 171 Å². The minimum atomic E-state index is -1.05. The van der Waals surface area contributed by atoms with Gasteiger partial charge in [-0.1, -0.05) is 30.3 Å². The maximum absolute atomic E-state index is 12.8. The lowest BCUT2D eigenvalue weighted by Gasteiger charge is -2.51. The SMILES string of the molecule is COc1ccc(C2(O)CC3COCC(C2)N3C(=O)OC(C)(C)C)c2ccccc12. The van der Waals surface area contributed by atoms with Crippen LogP contribution >= 0.6 is 0 Å². The molecular weight excluding hydrogens is 370 g/mol. The van der Waals surface area contributed by atoms with Crippen LogP contribution in [0.4, 0.5) is 4.79 Å². The molecule has 2 aliphatic heterocycles. The topological polar surface area (TPSA) is 68.2 Å². The Kier molecular flexibility index (Phi) is 4.95. The van der Waals surface area contributed by atoms with Gasteiger partial charge >= 0.3 is 6.09 Å². The van der Waals surface area contributed by atoms with Crippen LogP contribution in [-0.2, 0) is 15.1 Å². The highest BCUT2D eigenvalue weighted by Crippen LogP contribution is 2.45. The summed E-state index contributed by atoms with van der Waals surface area (Å²) in [6.07, 6.45) is 0.468. The number of benzene rings is 2. The normalized spacial score (nSPS) is 27.0. The second-order valence-corrected chi connectivity index (χ2v) is 9.03. The molecule has 2 unspecified atom stereocenters. The van der Waals surface area contributed by atoms with Crippen LogP contribution in [0.1, 0.15) is 39.2 Å². The number of morpholine rings is 1. The van der Waals surface area contributed by atoms with Gasteiger partial charge in [0.1, 0.15) is 11.4 Å². The van der Waals surface area contributed by atoms with Crippen LogP contribution in [0.25, 0.3) is 10.8 Å². The van der Waals surface area contributed by atoms with Crippen molar-refractivity contribution in [2.45, 2.75) is 56.9 Å². The van der Waals surface area contributed by atoms with Gasteiger partial charge in [0.15, 0.2) is 0 Å². The Bertz CT molecular complexity index is 905. The van der Waals surface area contributed by atoms with Gasteiger partial charge in [0.2, 0.25) is 0 Å². The van der Waals surface area contributed by atoms with Gasteiger partial charge in [0.05, 0.1) is 38.0 Å². The number of carbonyl (C=O) groups is 1. The third-order valence-corrected chi connectivity index (χ3v) is 5.76. The van der Waals surface area contributed by atoms with E-state index in [0.717, 1.165) is 22.1 Å². The molecule has 0 saturated carbocycles. The summed E-state index contributed by atoms with van der Waals surface area (Å²) in [6.45, 7) is 6.38. The molecule has 2 heterocycles. The van der Waals surface area contributed by atoms with E-state index in [2.05, 4.69) is 0 Å². The van der Waals surface area contributed by atoms with Crippen molar-refractivity contribution in [1.82, 2.24) is 4.90 Å². The molecule has 6 nitrogen and oxygen atoms in total. The molecule has 0 radical (unpaired) electrons. The largest absolute Gasteiger partial charge is 0.496 e. The molecule has 1 N–H and O–H groups in total. The Morgan fingerprint density at radius 2 is 1.72 bits per heavy atom. The second kappa shape index (κ2) is 7.18. The van der Waals surface area contributed by atoms with Crippen molar-refractivity contribution < 1.29 is 24.1 Å². The third kappa shape index (κ3) is 3.67. The number of hydrogen-bond acceptors (Lipinski definition) is 5. The minimum absolute atomic E-state index is 0.233. The number of nitrogens with zero attached hydrogens (tertiary/aromatic N) is 1. The molecule has 2 atom stereocenters. The zero-order chi connectivity index (χ0) is 20.8. The van der Waals surface area contributed by atoms with E-state index < -0.39 is 11.2 Å². The number of carbonyl (C=O) groups excluding carboxylic acids is 1. The summed E-state index contributed by atoms with van der Waals surface area (Å²) in [7, 11) is 1.65. The predicted molar refractivity (Wildman–Crippen MR) is 110 cm³/mol. The number of amides is 1. The molecule has 1 amide bonds. The molecule has 0 aromatic heterocycles. The first-order valence-corrected chi connectivity index (χ1v) is 10.1. The average molecular weight is 399 g/mol. The number of fused-ring (bicyclic) bond motifs is 3. The third-order valence-electron chi connectivity index (χ3n) is 5.76. The molecule has 2 aromatic rings. The predicted octanol–water partition coefficient (Wildman–Crippen LogP) is 3.83. The van der Waals surface area contributed by atoms with Crippen LogP contribution in [-0.4, -0.2) is 54.1 Å². The standard InChI is InChI=1S/C23H29NO5/c1-22(2,3)29-21(25)24-15-11-23(26,12-16(24)14-28-13-15)19-9-10-20(27-4)18-8-6-5-7-17(18)19/h5-10,15-16,26H,11-14H2,1-4H3. The van der Waals surface area contributed by atoms with E-state index in [4.69, 9.17) is 14.2 Å². The summed E-state index contributed by atoms with van der Waals surface area (Å²) in [6, 6.07) is 11.3. The average Bonchev–Trinajstić information content (AvgIpc) is 2.65.